The van der Waals surface area contributed by atoms with Crippen LogP contribution in [-0.2, 0) is 6.42 Å². The van der Waals surface area contributed by atoms with Crippen molar-refractivity contribution >= 4 is 5.82 Å². The van der Waals surface area contributed by atoms with Crippen molar-refractivity contribution in [1.29, 1.82) is 0 Å². The summed E-state index contributed by atoms with van der Waals surface area (Å²) in [5.41, 5.74) is 1.15. The second-order valence-electron chi connectivity index (χ2n) is 5.66. The van der Waals surface area contributed by atoms with E-state index in [2.05, 4.69) is 41.7 Å². The van der Waals surface area contributed by atoms with E-state index in [1.807, 2.05) is 6.92 Å². The maximum absolute atomic E-state index is 4.65. The third kappa shape index (κ3) is 3.01. The molecule has 0 saturated carbocycles. The molecule has 2 unspecified atom stereocenters. The molecule has 1 aliphatic rings. The molecule has 3 heteroatoms. The van der Waals surface area contributed by atoms with E-state index in [4.69, 9.17) is 0 Å². The Balaban J connectivity index is 2.29. The lowest BCUT2D eigenvalue weighted by atomic mass is 10.1. The number of hydrogen-bond donors (Lipinski definition) is 0. The first-order valence-corrected chi connectivity index (χ1v) is 7.21. The monoisotopic (exact) mass is 247 g/mol. The van der Waals surface area contributed by atoms with Gasteiger partial charge in [0.05, 0.1) is 0 Å². The van der Waals surface area contributed by atoms with Gasteiger partial charge in [-0.25, -0.2) is 9.97 Å². The molecular weight excluding hydrogens is 222 g/mol. The molecule has 1 aliphatic heterocycles. The molecule has 0 amide bonds. The van der Waals surface area contributed by atoms with Crippen molar-refractivity contribution in [1.82, 2.24) is 9.97 Å². The predicted octanol–water partition coefficient (Wildman–Crippen LogP) is 3.36. The van der Waals surface area contributed by atoms with Crippen molar-refractivity contribution in [2.24, 2.45) is 5.92 Å². The summed E-state index contributed by atoms with van der Waals surface area (Å²) in [7, 11) is 0. The molecule has 0 spiro atoms. The van der Waals surface area contributed by atoms with Crippen molar-refractivity contribution in [3.63, 3.8) is 0 Å². The second-order valence-corrected chi connectivity index (χ2v) is 5.66. The number of aryl methyl sites for hydroxylation is 2. The van der Waals surface area contributed by atoms with Crippen LogP contribution in [0.25, 0.3) is 0 Å². The van der Waals surface area contributed by atoms with E-state index >= 15 is 0 Å². The quantitative estimate of drug-likeness (QED) is 0.802. The molecule has 2 rings (SSSR count). The van der Waals surface area contributed by atoms with Gasteiger partial charge in [-0.2, -0.15) is 0 Å². The van der Waals surface area contributed by atoms with Gasteiger partial charge in [0.25, 0.3) is 0 Å². The first-order valence-electron chi connectivity index (χ1n) is 7.21. The Labute approximate surface area is 111 Å². The van der Waals surface area contributed by atoms with Gasteiger partial charge in [0.1, 0.15) is 11.6 Å². The molecule has 1 aromatic heterocycles. The van der Waals surface area contributed by atoms with Crippen molar-refractivity contribution in [3.05, 3.63) is 17.6 Å². The summed E-state index contributed by atoms with van der Waals surface area (Å²) in [6.45, 7) is 9.94. The van der Waals surface area contributed by atoms with Gasteiger partial charge in [-0.15, -0.1) is 0 Å². The molecule has 100 valence electrons. The standard InChI is InChI=1S/C15H25N3/c1-5-14-9-15(17-13(4)16-14)18-10-11(2)7-6-8-12(18)3/h9,11-12H,5-8,10H2,1-4H3. The van der Waals surface area contributed by atoms with Gasteiger partial charge in [0, 0.05) is 24.3 Å². The summed E-state index contributed by atoms with van der Waals surface area (Å²) < 4.78 is 0. The summed E-state index contributed by atoms with van der Waals surface area (Å²) in [6.07, 6.45) is 4.93. The lowest BCUT2D eigenvalue weighted by molar-refractivity contribution is 0.542. The molecule has 0 bridgehead atoms. The lowest BCUT2D eigenvalue weighted by Crippen LogP contribution is -2.35. The van der Waals surface area contributed by atoms with Gasteiger partial charge in [0.15, 0.2) is 0 Å². The molecule has 3 nitrogen and oxygen atoms in total. The summed E-state index contributed by atoms with van der Waals surface area (Å²) in [4.78, 5) is 11.6. The van der Waals surface area contributed by atoms with Crippen LogP contribution in [-0.4, -0.2) is 22.6 Å². The molecule has 0 N–H and O–H groups in total. The highest BCUT2D eigenvalue weighted by Crippen LogP contribution is 2.25. The van der Waals surface area contributed by atoms with Gasteiger partial charge in [-0.3, -0.25) is 0 Å². The molecule has 0 aromatic carbocycles. The zero-order chi connectivity index (χ0) is 13.1. The summed E-state index contributed by atoms with van der Waals surface area (Å²) >= 11 is 0. The molecule has 1 aromatic rings. The molecule has 1 saturated heterocycles. The molecule has 0 aliphatic carbocycles. The van der Waals surface area contributed by atoms with E-state index in [0.717, 1.165) is 36.2 Å². The first-order chi connectivity index (χ1) is 8.60. The maximum atomic E-state index is 4.65. The Hall–Kier alpha value is -1.12. The van der Waals surface area contributed by atoms with E-state index in [0.29, 0.717) is 6.04 Å². The fourth-order valence-corrected chi connectivity index (χ4v) is 2.78. The number of nitrogens with zero attached hydrogens (tertiary/aromatic N) is 3. The van der Waals surface area contributed by atoms with Crippen molar-refractivity contribution in [2.75, 3.05) is 11.4 Å². The van der Waals surface area contributed by atoms with Gasteiger partial charge in [-0.1, -0.05) is 20.3 Å². The first kappa shape index (κ1) is 13.3. The summed E-state index contributed by atoms with van der Waals surface area (Å²) in [5, 5.41) is 0. The van der Waals surface area contributed by atoms with E-state index in [9.17, 15) is 0 Å². The van der Waals surface area contributed by atoms with Crippen molar-refractivity contribution < 1.29 is 0 Å². The van der Waals surface area contributed by atoms with E-state index in [1.54, 1.807) is 0 Å². The molecule has 1 fully saturated rings. The Bertz CT molecular complexity index is 403. The van der Waals surface area contributed by atoms with Crippen LogP contribution in [0, 0.1) is 12.8 Å². The maximum Gasteiger partial charge on any atom is 0.132 e. The summed E-state index contributed by atoms with van der Waals surface area (Å²) in [6, 6.07) is 2.76. The SMILES string of the molecule is CCc1cc(N2CC(C)CCCC2C)nc(C)n1. The van der Waals surface area contributed by atoms with Gasteiger partial charge >= 0.3 is 0 Å². The number of aromatic nitrogens is 2. The average molecular weight is 247 g/mol. The Morgan fingerprint density at radius 1 is 1.28 bits per heavy atom. The van der Waals surface area contributed by atoms with Crippen molar-refractivity contribution in [3.8, 4) is 0 Å². The smallest absolute Gasteiger partial charge is 0.132 e. The topological polar surface area (TPSA) is 29.0 Å². The fraction of sp³-hybridized carbons (Fsp3) is 0.733. The van der Waals surface area contributed by atoms with Crippen LogP contribution < -0.4 is 4.90 Å². The number of hydrogen-bond acceptors (Lipinski definition) is 3. The van der Waals surface area contributed by atoms with Crippen LogP contribution in [0.5, 0.6) is 0 Å². The Kier molecular flexibility index (Phi) is 4.20. The highest BCUT2D eigenvalue weighted by molar-refractivity contribution is 5.41. The van der Waals surface area contributed by atoms with Crippen LogP contribution in [0.15, 0.2) is 6.07 Å². The van der Waals surface area contributed by atoms with E-state index in [-0.39, 0.29) is 0 Å². The second kappa shape index (κ2) is 5.68. The van der Waals surface area contributed by atoms with Crippen molar-refractivity contribution in [2.45, 2.75) is 59.4 Å². The zero-order valence-corrected chi connectivity index (χ0v) is 12.1. The van der Waals surface area contributed by atoms with Crippen LogP contribution in [0.4, 0.5) is 5.82 Å². The predicted molar refractivity (Wildman–Crippen MR) is 76.0 cm³/mol. The van der Waals surface area contributed by atoms with Crippen LogP contribution in [0.2, 0.25) is 0 Å². The molecule has 18 heavy (non-hydrogen) atoms. The van der Waals surface area contributed by atoms with Gasteiger partial charge < -0.3 is 4.90 Å². The van der Waals surface area contributed by atoms with Gasteiger partial charge in [0.2, 0.25) is 0 Å². The van der Waals surface area contributed by atoms with Gasteiger partial charge in [-0.05, 0) is 39.0 Å². The third-order valence-corrected chi connectivity index (χ3v) is 3.89. The lowest BCUT2D eigenvalue weighted by Gasteiger charge is -2.30. The highest BCUT2D eigenvalue weighted by atomic mass is 15.2. The number of anilines is 1. The van der Waals surface area contributed by atoms with Crippen LogP contribution in [0.3, 0.4) is 0 Å². The van der Waals surface area contributed by atoms with E-state index < -0.39 is 0 Å². The summed E-state index contributed by atoms with van der Waals surface area (Å²) in [5.74, 6) is 2.78. The normalized spacial score (nSPS) is 25.0. The Morgan fingerprint density at radius 3 is 2.78 bits per heavy atom. The average Bonchev–Trinajstić information content (AvgIpc) is 2.50. The minimum atomic E-state index is 0.592. The van der Waals surface area contributed by atoms with Crippen LogP contribution in [0.1, 0.15) is 51.6 Å². The fourth-order valence-electron chi connectivity index (χ4n) is 2.78. The minimum absolute atomic E-state index is 0.592. The molecule has 2 atom stereocenters. The molecule has 2 heterocycles. The van der Waals surface area contributed by atoms with E-state index in [1.165, 1.54) is 19.3 Å². The number of rotatable bonds is 2. The third-order valence-electron chi connectivity index (χ3n) is 3.89. The largest absolute Gasteiger partial charge is 0.354 e. The molecule has 0 radical (unpaired) electrons. The zero-order valence-electron chi connectivity index (χ0n) is 12.1. The van der Waals surface area contributed by atoms with Crippen LogP contribution >= 0.6 is 0 Å². The highest BCUT2D eigenvalue weighted by Gasteiger charge is 2.22. The minimum Gasteiger partial charge on any atom is -0.354 e. The molecular formula is C15H25N3. The Morgan fingerprint density at radius 2 is 2.06 bits per heavy atom.